The number of rotatable bonds is 3. The third-order valence-electron chi connectivity index (χ3n) is 1.50. The van der Waals surface area contributed by atoms with Crippen LogP contribution in [0.1, 0.15) is 0 Å². The normalized spacial score (nSPS) is 12.4. The minimum absolute atomic E-state index is 0.167. The van der Waals surface area contributed by atoms with Crippen LogP contribution in [0.15, 0.2) is 22.8 Å². The van der Waals surface area contributed by atoms with Crippen molar-refractivity contribution in [2.75, 3.05) is 16.2 Å². The Kier molecular flexibility index (Phi) is 3.60. The standard InChI is InChI=1S/C7H9BrN2O4S2/c1-15(11,12)10(16(2,13)14)7-5-6(8)3-4-9-7/h3-5H,1-2H3. The van der Waals surface area contributed by atoms with Crippen LogP contribution in [-0.4, -0.2) is 34.3 Å². The Hall–Kier alpha value is -0.670. The van der Waals surface area contributed by atoms with Crippen molar-refractivity contribution in [3.8, 4) is 0 Å². The number of sulfonamides is 2. The molecule has 90 valence electrons. The summed E-state index contributed by atoms with van der Waals surface area (Å²) in [4.78, 5) is 3.71. The van der Waals surface area contributed by atoms with Gasteiger partial charge in [0.2, 0.25) is 20.0 Å². The van der Waals surface area contributed by atoms with Crippen LogP contribution in [0.25, 0.3) is 0 Å². The Morgan fingerprint density at radius 2 is 1.69 bits per heavy atom. The molecule has 1 aromatic heterocycles. The molecule has 0 amide bonds. The fourth-order valence-electron chi connectivity index (χ4n) is 1.08. The molecule has 0 aromatic carbocycles. The van der Waals surface area contributed by atoms with E-state index in [0.717, 1.165) is 12.5 Å². The van der Waals surface area contributed by atoms with E-state index in [4.69, 9.17) is 0 Å². The summed E-state index contributed by atoms with van der Waals surface area (Å²) in [6.45, 7) is 0. The third kappa shape index (κ3) is 3.16. The monoisotopic (exact) mass is 328 g/mol. The lowest BCUT2D eigenvalue weighted by atomic mass is 10.5. The van der Waals surface area contributed by atoms with E-state index in [2.05, 4.69) is 20.9 Å². The molecule has 0 atom stereocenters. The van der Waals surface area contributed by atoms with E-state index < -0.39 is 20.0 Å². The Balaban J connectivity index is 3.47. The van der Waals surface area contributed by atoms with Gasteiger partial charge in [-0.25, -0.2) is 21.8 Å². The predicted octanol–water partition coefficient (Wildman–Crippen LogP) is 0.570. The SMILES string of the molecule is CS(=O)(=O)N(c1cc(Br)ccn1)S(C)(=O)=O. The second-order valence-corrected chi connectivity index (χ2v) is 7.86. The summed E-state index contributed by atoms with van der Waals surface area (Å²) >= 11 is 3.11. The van der Waals surface area contributed by atoms with E-state index in [1.165, 1.54) is 12.3 Å². The number of halogens is 1. The Morgan fingerprint density at radius 1 is 1.19 bits per heavy atom. The molecule has 0 N–H and O–H groups in total. The lowest BCUT2D eigenvalue weighted by molar-refractivity contribution is 0.590. The summed E-state index contributed by atoms with van der Waals surface area (Å²) in [5.41, 5.74) is 0. The fraction of sp³-hybridized carbons (Fsp3) is 0.286. The Bertz CT molecular complexity index is 565. The summed E-state index contributed by atoms with van der Waals surface area (Å²) in [6.07, 6.45) is 2.91. The van der Waals surface area contributed by atoms with Crippen LogP contribution in [0.3, 0.4) is 0 Å². The van der Waals surface area contributed by atoms with Crippen LogP contribution in [0.2, 0.25) is 0 Å². The number of hydrogen-bond acceptors (Lipinski definition) is 5. The highest BCUT2D eigenvalue weighted by Gasteiger charge is 2.28. The average Bonchev–Trinajstić information content (AvgIpc) is 1.97. The molecule has 0 aliphatic rings. The van der Waals surface area contributed by atoms with Crippen molar-refractivity contribution in [2.24, 2.45) is 0 Å². The highest BCUT2D eigenvalue weighted by Crippen LogP contribution is 2.21. The van der Waals surface area contributed by atoms with Crippen molar-refractivity contribution in [1.82, 2.24) is 4.98 Å². The number of hydrogen-bond donors (Lipinski definition) is 0. The molecule has 6 nitrogen and oxygen atoms in total. The smallest absolute Gasteiger partial charge is 0.237 e. The molecule has 0 fully saturated rings. The maximum Gasteiger partial charge on any atom is 0.246 e. The number of nitrogens with zero attached hydrogens (tertiary/aromatic N) is 2. The van der Waals surface area contributed by atoms with E-state index in [1.807, 2.05) is 0 Å². The van der Waals surface area contributed by atoms with E-state index in [1.54, 1.807) is 6.07 Å². The van der Waals surface area contributed by atoms with Gasteiger partial charge in [-0.05, 0) is 12.1 Å². The van der Waals surface area contributed by atoms with E-state index in [0.29, 0.717) is 4.47 Å². The molecule has 9 heteroatoms. The zero-order valence-corrected chi connectivity index (χ0v) is 11.7. The number of anilines is 1. The van der Waals surface area contributed by atoms with Gasteiger partial charge in [-0.3, -0.25) is 0 Å². The molecule has 16 heavy (non-hydrogen) atoms. The highest BCUT2D eigenvalue weighted by atomic mass is 79.9. The molecule has 0 unspecified atom stereocenters. The van der Waals surface area contributed by atoms with Gasteiger partial charge in [0.15, 0.2) is 5.82 Å². The second-order valence-electron chi connectivity index (χ2n) is 3.06. The van der Waals surface area contributed by atoms with Crippen molar-refractivity contribution in [2.45, 2.75) is 0 Å². The zero-order valence-electron chi connectivity index (χ0n) is 8.45. The molecule has 1 aromatic rings. The maximum atomic E-state index is 11.4. The van der Waals surface area contributed by atoms with Gasteiger partial charge < -0.3 is 0 Å². The predicted molar refractivity (Wildman–Crippen MR) is 64.1 cm³/mol. The zero-order chi connectivity index (χ0) is 12.6. The molecule has 0 saturated carbocycles. The van der Waals surface area contributed by atoms with Crippen LogP contribution in [0.4, 0.5) is 5.82 Å². The lowest BCUT2D eigenvalue weighted by Crippen LogP contribution is -2.35. The first kappa shape index (κ1) is 13.4. The molecule has 0 aliphatic heterocycles. The molecule has 1 rings (SSSR count). The van der Waals surface area contributed by atoms with Crippen LogP contribution in [0, 0.1) is 0 Å². The van der Waals surface area contributed by atoms with Gasteiger partial charge in [-0.15, -0.1) is 3.71 Å². The van der Waals surface area contributed by atoms with Crippen molar-refractivity contribution >= 4 is 41.8 Å². The van der Waals surface area contributed by atoms with Gasteiger partial charge in [-0.2, -0.15) is 0 Å². The van der Waals surface area contributed by atoms with E-state index in [-0.39, 0.29) is 9.53 Å². The van der Waals surface area contributed by atoms with Gasteiger partial charge in [0.1, 0.15) is 0 Å². The van der Waals surface area contributed by atoms with Crippen LogP contribution in [0.5, 0.6) is 0 Å². The van der Waals surface area contributed by atoms with Gasteiger partial charge in [0.05, 0.1) is 12.5 Å². The summed E-state index contributed by atoms with van der Waals surface area (Å²) in [5.74, 6) is -0.167. The summed E-state index contributed by atoms with van der Waals surface area (Å²) in [5, 5.41) is 0. The van der Waals surface area contributed by atoms with E-state index >= 15 is 0 Å². The number of pyridine rings is 1. The highest BCUT2D eigenvalue weighted by molar-refractivity contribution is 9.10. The molecule has 0 spiro atoms. The van der Waals surface area contributed by atoms with Gasteiger partial charge in [0.25, 0.3) is 0 Å². The van der Waals surface area contributed by atoms with Crippen LogP contribution < -0.4 is 3.71 Å². The quantitative estimate of drug-likeness (QED) is 0.809. The third-order valence-corrected chi connectivity index (χ3v) is 5.19. The minimum Gasteiger partial charge on any atom is -0.237 e. The molecule has 0 saturated heterocycles. The average molecular weight is 329 g/mol. The second kappa shape index (κ2) is 4.30. The Labute approximate surface area is 103 Å². The summed E-state index contributed by atoms with van der Waals surface area (Å²) in [7, 11) is -7.86. The first-order chi connectivity index (χ1) is 7.12. The molecular formula is C7H9BrN2O4S2. The largest absolute Gasteiger partial charge is 0.246 e. The van der Waals surface area contributed by atoms with Crippen molar-refractivity contribution in [1.29, 1.82) is 0 Å². The van der Waals surface area contributed by atoms with Crippen LogP contribution in [-0.2, 0) is 20.0 Å². The molecule has 1 heterocycles. The van der Waals surface area contributed by atoms with Gasteiger partial charge in [0, 0.05) is 10.7 Å². The minimum atomic E-state index is -3.93. The molecule has 0 aliphatic carbocycles. The van der Waals surface area contributed by atoms with E-state index in [9.17, 15) is 16.8 Å². The van der Waals surface area contributed by atoms with Gasteiger partial charge in [-0.1, -0.05) is 15.9 Å². The van der Waals surface area contributed by atoms with Gasteiger partial charge >= 0.3 is 0 Å². The van der Waals surface area contributed by atoms with Crippen molar-refractivity contribution in [3.63, 3.8) is 0 Å². The van der Waals surface area contributed by atoms with Crippen molar-refractivity contribution in [3.05, 3.63) is 22.8 Å². The van der Waals surface area contributed by atoms with Crippen molar-refractivity contribution < 1.29 is 16.8 Å². The molecular weight excluding hydrogens is 320 g/mol. The topological polar surface area (TPSA) is 84.4 Å². The van der Waals surface area contributed by atoms with Crippen LogP contribution >= 0.6 is 15.9 Å². The Morgan fingerprint density at radius 3 is 2.06 bits per heavy atom. The number of aromatic nitrogens is 1. The maximum absolute atomic E-state index is 11.4. The lowest BCUT2D eigenvalue weighted by Gasteiger charge is -2.18. The fourth-order valence-corrected chi connectivity index (χ4v) is 4.25. The molecule has 0 radical (unpaired) electrons. The summed E-state index contributed by atoms with van der Waals surface area (Å²) < 4.78 is 46.3. The summed E-state index contributed by atoms with van der Waals surface area (Å²) in [6, 6.07) is 2.87. The first-order valence-electron chi connectivity index (χ1n) is 3.94. The first-order valence-corrected chi connectivity index (χ1v) is 8.43. The molecule has 0 bridgehead atoms.